The normalized spacial score (nSPS) is 16.7. The summed E-state index contributed by atoms with van der Waals surface area (Å²) in [5, 5.41) is 0.281. The summed E-state index contributed by atoms with van der Waals surface area (Å²) >= 11 is 5.90. The van der Waals surface area contributed by atoms with Crippen LogP contribution in [0, 0.1) is 6.92 Å². The molecule has 0 bridgehead atoms. The van der Waals surface area contributed by atoms with E-state index in [4.69, 9.17) is 11.6 Å². The van der Waals surface area contributed by atoms with Gasteiger partial charge < -0.3 is 0 Å². The zero-order valence-corrected chi connectivity index (χ0v) is 9.90. The molecule has 1 aliphatic rings. The molecule has 0 atom stereocenters. The van der Waals surface area contributed by atoms with Crippen LogP contribution in [0.4, 0.5) is 0 Å². The van der Waals surface area contributed by atoms with E-state index in [0.29, 0.717) is 5.56 Å². The molecule has 0 unspecified atom stereocenters. The highest BCUT2D eigenvalue weighted by Gasteiger charge is 2.29. The van der Waals surface area contributed by atoms with Crippen LogP contribution in [0.1, 0.15) is 18.4 Å². The zero-order chi connectivity index (χ0) is 11.1. The van der Waals surface area contributed by atoms with Crippen LogP contribution in [0.15, 0.2) is 23.1 Å². The highest BCUT2D eigenvalue weighted by atomic mass is 35.5. The van der Waals surface area contributed by atoms with Gasteiger partial charge >= 0.3 is 0 Å². The summed E-state index contributed by atoms with van der Waals surface area (Å²) in [7, 11) is -3.44. The number of sulfonamides is 1. The van der Waals surface area contributed by atoms with Gasteiger partial charge in [0.1, 0.15) is 4.90 Å². The van der Waals surface area contributed by atoms with Crippen LogP contribution < -0.4 is 4.72 Å². The van der Waals surface area contributed by atoms with Crippen molar-refractivity contribution in [2.45, 2.75) is 30.7 Å². The van der Waals surface area contributed by atoms with Gasteiger partial charge in [0.2, 0.25) is 10.0 Å². The lowest BCUT2D eigenvalue weighted by atomic mass is 10.2. The molecule has 1 aromatic rings. The summed E-state index contributed by atoms with van der Waals surface area (Å²) < 4.78 is 26.5. The SMILES string of the molecule is Cc1cccc(Cl)c1S(=O)(=O)NC1CC1. The van der Waals surface area contributed by atoms with Crippen molar-refractivity contribution >= 4 is 21.6 Å². The Morgan fingerprint density at radius 2 is 2.07 bits per heavy atom. The molecule has 0 amide bonds. The van der Waals surface area contributed by atoms with Gasteiger partial charge in [-0.25, -0.2) is 13.1 Å². The molecule has 2 rings (SSSR count). The lowest BCUT2D eigenvalue weighted by Gasteiger charge is -2.09. The molecule has 15 heavy (non-hydrogen) atoms. The molecular formula is C10H12ClNO2S. The Hall–Kier alpha value is -0.580. The molecule has 0 heterocycles. The van der Waals surface area contributed by atoms with Crippen LogP contribution >= 0.6 is 11.6 Å². The average molecular weight is 246 g/mol. The maximum absolute atomic E-state index is 11.9. The molecule has 3 nitrogen and oxygen atoms in total. The lowest BCUT2D eigenvalue weighted by molar-refractivity contribution is 0.580. The molecule has 1 aliphatic carbocycles. The first-order valence-electron chi connectivity index (χ1n) is 4.78. The fourth-order valence-electron chi connectivity index (χ4n) is 1.44. The van der Waals surface area contributed by atoms with E-state index in [-0.39, 0.29) is 16.0 Å². The first-order chi connectivity index (χ1) is 7.00. The summed E-state index contributed by atoms with van der Waals surface area (Å²) in [6.45, 7) is 1.74. The molecule has 1 fully saturated rings. The van der Waals surface area contributed by atoms with Gasteiger partial charge in [-0.15, -0.1) is 0 Å². The first kappa shape index (κ1) is 10.9. The summed E-state index contributed by atoms with van der Waals surface area (Å²) in [5.74, 6) is 0. The molecular weight excluding hydrogens is 234 g/mol. The fourth-order valence-corrected chi connectivity index (χ4v) is 3.57. The molecule has 0 aliphatic heterocycles. The largest absolute Gasteiger partial charge is 0.242 e. The maximum atomic E-state index is 11.9. The van der Waals surface area contributed by atoms with E-state index in [0.717, 1.165) is 12.8 Å². The predicted octanol–water partition coefficient (Wildman–Crippen LogP) is 2.09. The van der Waals surface area contributed by atoms with Gasteiger partial charge in [-0.1, -0.05) is 23.7 Å². The quantitative estimate of drug-likeness (QED) is 0.887. The number of hydrogen-bond acceptors (Lipinski definition) is 2. The zero-order valence-electron chi connectivity index (χ0n) is 8.33. The first-order valence-corrected chi connectivity index (χ1v) is 6.64. The average Bonchev–Trinajstić information content (AvgIpc) is 2.86. The fraction of sp³-hybridized carbons (Fsp3) is 0.400. The number of benzene rings is 1. The second kappa shape index (κ2) is 3.77. The summed E-state index contributed by atoms with van der Waals surface area (Å²) in [4.78, 5) is 0.207. The van der Waals surface area contributed by atoms with Crippen LogP contribution in [0.5, 0.6) is 0 Å². The van der Waals surface area contributed by atoms with Crippen molar-refractivity contribution in [2.24, 2.45) is 0 Å². The van der Waals surface area contributed by atoms with Crippen LogP contribution in [0.25, 0.3) is 0 Å². The topological polar surface area (TPSA) is 46.2 Å². The van der Waals surface area contributed by atoms with E-state index in [1.54, 1.807) is 25.1 Å². The maximum Gasteiger partial charge on any atom is 0.242 e. The van der Waals surface area contributed by atoms with Gasteiger partial charge in [0.25, 0.3) is 0 Å². The minimum Gasteiger partial charge on any atom is -0.208 e. The number of halogens is 1. The van der Waals surface area contributed by atoms with E-state index < -0.39 is 10.0 Å². The second-order valence-corrected chi connectivity index (χ2v) is 5.84. The van der Waals surface area contributed by atoms with E-state index in [9.17, 15) is 8.42 Å². The smallest absolute Gasteiger partial charge is 0.208 e. The van der Waals surface area contributed by atoms with Gasteiger partial charge in [-0.3, -0.25) is 0 Å². The van der Waals surface area contributed by atoms with Crippen molar-refractivity contribution in [2.75, 3.05) is 0 Å². The van der Waals surface area contributed by atoms with E-state index in [1.807, 2.05) is 0 Å². The number of aryl methyl sites for hydroxylation is 1. The minimum atomic E-state index is -3.44. The van der Waals surface area contributed by atoms with Crippen LogP contribution in [0.2, 0.25) is 5.02 Å². The molecule has 1 aromatic carbocycles. The van der Waals surface area contributed by atoms with Crippen molar-refractivity contribution < 1.29 is 8.42 Å². The third kappa shape index (κ3) is 2.33. The standard InChI is InChI=1S/C10H12ClNO2S/c1-7-3-2-4-9(11)10(7)15(13,14)12-8-5-6-8/h2-4,8,12H,5-6H2,1H3. The Morgan fingerprint density at radius 1 is 1.40 bits per heavy atom. The molecule has 82 valence electrons. The Bertz CT molecular complexity index is 460. The molecule has 0 saturated heterocycles. The van der Waals surface area contributed by atoms with Gasteiger partial charge in [0, 0.05) is 6.04 Å². The summed E-state index contributed by atoms with van der Waals surface area (Å²) in [5.41, 5.74) is 0.677. The lowest BCUT2D eigenvalue weighted by Crippen LogP contribution is -2.26. The highest BCUT2D eigenvalue weighted by Crippen LogP contribution is 2.27. The molecule has 1 saturated carbocycles. The number of nitrogens with one attached hydrogen (secondary N) is 1. The van der Waals surface area contributed by atoms with Gasteiger partial charge in [-0.2, -0.15) is 0 Å². The van der Waals surface area contributed by atoms with E-state index in [2.05, 4.69) is 4.72 Å². The van der Waals surface area contributed by atoms with Crippen molar-refractivity contribution in [3.8, 4) is 0 Å². The van der Waals surface area contributed by atoms with Gasteiger partial charge in [0.05, 0.1) is 5.02 Å². The Labute approximate surface area is 94.5 Å². The molecule has 0 radical (unpaired) electrons. The third-order valence-electron chi connectivity index (χ3n) is 2.33. The Kier molecular flexibility index (Phi) is 2.75. The number of rotatable bonds is 3. The van der Waals surface area contributed by atoms with E-state index >= 15 is 0 Å². The molecule has 0 spiro atoms. The highest BCUT2D eigenvalue weighted by molar-refractivity contribution is 7.89. The van der Waals surface area contributed by atoms with Crippen LogP contribution in [0.3, 0.4) is 0 Å². The van der Waals surface area contributed by atoms with E-state index in [1.165, 1.54) is 0 Å². The third-order valence-corrected chi connectivity index (χ3v) is 4.48. The Balaban J connectivity index is 2.42. The predicted molar refractivity (Wildman–Crippen MR) is 59.5 cm³/mol. The van der Waals surface area contributed by atoms with Crippen molar-refractivity contribution in [1.29, 1.82) is 0 Å². The van der Waals surface area contributed by atoms with Crippen LogP contribution in [-0.2, 0) is 10.0 Å². The summed E-state index contributed by atoms with van der Waals surface area (Å²) in [6.07, 6.45) is 1.84. The van der Waals surface area contributed by atoms with Crippen molar-refractivity contribution in [1.82, 2.24) is 4.72 Å². The molecule has 5 heteroatoms. The van der Waals surface area contributed by atoms with Gasteiger partial charge in [-0.05, 0) is 31.4 Å². The number of hydrogen-bond donors (Lipinski definition) is 1. The van der Waals surface area contributed by atoms with Crippen LogP contribution in [-0.4, -0.2) is 14.5 Å². The minimum absolute atomic E-state index is 0.102. The van der Waals surface area contributed by atoms with Gasteiger partial charge in [0.15, 0.2) is 0 Å². The second-order valence-electron chi connectivity index (χ2n) is 3.78. The summed E-state index contributed by atoms with van der Waals surface area (Å²) in [6, 6.07) is 5.18. The molecule has 1 N–H and O–H groups in total. The monoisotopic (exact) mass is 245 g/mol. The Morgan fingerprint density at radius 3 is 2.60 bits per heavy atom. The van der Waals surface area contributed by atoms with Crippen molar-refractivity contribution in [3.05, 3.63) is 28.8 Å². The van der Waals surface area contributed by atoms with Crippen molar-refractivity contribution in [3.63, 3.8) is 0 Å². The molecule has 0 aromatic heterocycles.